The van der Waals surface area contributed by atoms with Crippen molar-refractivity contribution in [2.75, 3.05) is 13.2 Å². The van der Waals surface area contributed by atoms with Crippen LogP contribution in [0.2, 0.25) is 0 Å². The minimum absolute atomic E-state index is 0.287. The molecular formula is C6H10F3NO. The van der Waals surface area contributed by atoms with Crippen LogP contribution >= 0.6 is 0 Å². The number of alkyl halides is 3. The fraction of sp³-hybridized carbons (Fsp3) is 1.00. The molecule has 0 aliphatic carbocycles. The lowest BCUT2D eigenvalue weighted by Crippen LogP contribution is -2.46. The average Bonchev–Trinajstić information content (AvgIpc) is 1.86. The Morgan fingerprint density at radius 1 is 1.36 bits per heavy atom. The maximum Gasteiger partial charge on any atom is 0.395 e. The predicted octanol–water partition coefficient (Wildman–Crippen LogP) is 0.912. The zero-order valence-corrected chi connectivity index (χ0v) is 5.90. The third-order valence-corrected chi connectivity index (χ3v) is 1.83. The molecule has 0 saturated carbocycles. The van der Waals surface area contributed by atoms with Gasteiger partial charge in [0.2, 0.25) is 0 Å². The van der Waals surface area contributed by atoms with Crippen LogP contribution < -0.4 is 5.73 Å². The Balaban J connectivity index is 2.55. The molecule has 1 rings (SSSR count). The fourth-order valence-electron chi connectivity index (χ4n) is 1.09. The van der Waals surface area contributed by atoms with E-state index in [4.69, 9.17) is 5.73 Å². The maximum absolute atomic E-state index is 12.0. The molecule has 0 aromatic heterocycles. The van der Waals surface area contributed by atoms with E-state index in [1.807, 2.05) is 0 Å². The number of nitrogens with two attached hydrogens (primary N) is 1. The summed E-state index contributed by atoms with van der Waals surface area (Å²) in [7, 11) is 0. The zero-order chi connectivity index (χ0) is 8.48. The van der Waals surface area contributed by atoms with Crippen LogP contribution in [-0.4, -0.2) is 25.4 Å². The van der Waals surface area contributed by atoms with E-state index in [9.17, 15) is 13.2 Å². The summed E-state index contributed by atoms with van der Waals surface area (Å²) in [6.07, 6.45) is -3.91. The van der Waals surface area contributed by atoms with Crippen LogP contribution in [0, 0.1) is 5.92 Å². The van der Waals surface area contributed by atoms with Crippen molar-refractivity contribution in [2.45, 2.75) is 18.6 Å². The second-order valence-electron chi connectivity index (χ2n) is 2.68. The Morgan fingerprint density at radius 2 is 2.00 bits per heavy atom. The Hall–Kier alpha value is -0.290. The molecule has 0 amide bonds. The summed E-state index contributed by atoms with van der Waals surface area (Å²) in [4.78, 5) is 0. The summed E-state index contributed by atoms with van der Waals surface area (Å²) in [5.41, 5.74) is 5.27. The molecule has 11 heavy (non-hydrogen) atoms. The van der Waals surface area contributed by atoms with E-state index in [1.165, 1.54) is 0 Å². The molecule has 2 nitrogen and oxygen atoms in total. The first kappa shape index (κ1) is 8.80. The van der Waals surface area contributed by atoms with Gasteiger partial charge in [0.25, 0.3) is 0 Å². The smallest absolute Gasteiger partial charge is 0.381 e. The lowest BCUT2D eigenvalue weighted by atomic mass is 9.96. The molecule has 2 atom stereocenters. The fourth-order valence-corrected chi connectivity index (χ4v) is 1.09. The third kappa shape index (κ3) is 2.07. The number of rotatable bonds is 0. The topological polar surface area (TPSA) is 35.2 Å². The standard InChI is InChI=1S/C6H10F3NO/c7-6(8,9)4-3-11-2-1-5(4)10/h4-5H,1-3,10H2. The van der Waals surface area contributed by atoms with E-state index in [1.54, 1.807) is 0 Å². The van der Waals surface area contributed by atoms with Gasteiger partial charge < -0.3 is 10.5 Å². The summed E-state index contributed by atoms with van der Waals surface area (Å²) >= 11 is 0. The summed E-state index contributed by atoms with van der Waals surface area (Å²) in [5, 5.41) is 0. The Kier molecular flexibility index (Phi) is 2.39. The predicted molar refractivity (Wildman–Crippen MR) is 33.0 cm³/mol. The van der Waals surface area contributed by atoms with Crippen LogP contribution in [0.5, 0.6) is 0 Å². The largest absolute Gasteiger partial charge is 0.395 e. The second kappa shape index (κ2) is 2.98. The number of hydrogen-bond acceptors (Lipinski definition) is 2. The van der Waals surface area contributed by atoms with Crippen molar-refractivity contribution < 1.29 is 17.9 Å². The van der Waals surface area contributed by atoms with Crippen LogP contribution in [0.4, 0.5) is 13.2 Å². The first-order valence-corrected chi connectivity index (χ1v) is 3.42. The van der Waals surface area contributed by atoms with Gasteiger partial charge in [-0.1, -0.05) is 0 Å². The van der Waals surface area contributed by atoms with Crippen LogP contribution in [0.25, 0.3) is 0 Å². The molecular weight excluding hydrogens is 159 g/mol. The minimum atomic E-state index is -4.21. The maximum atomic E-state index is 12.0. The van der Waals surface area contributed by atoms with Crippen molar-refractivity contribution in [3.8, 4) is 0 Å². The van der Waals surface area contributed by atoms with E-state index in [-0.39, 0.29) is 6.61 Å². The van der Waals surface area contributed by atoms with Gasteiger partial charge in [-0.05, 0) is 6.42 Å². The summed E-state index contributed by atoms with van der Waals surface area (Å²) in [6.45, 7) is 0.0540. The number of ether oxygens (including phenoxy) is 1. The lowest BCUT2D eigenvalue weighted by Gasteiger charge is -2.29. The highest BCUT2D eigenvalue weighted by molar-refractivity contribution is 4.81. The molecule has 0 aromatic carbocycles. The summed E-state index contributed by atoms with van der Waals surface area (Å²) in [5.74, 6) is -1.48. The Morgan fingerprint density at radius 3 is 2.36 bits per heavy atom. The van der Waals surface area contributed by atoms with E-state index in [2.05, 4.69) is 4.74 Å². The van der Waals surface area contributed by atoms with Crippen molar-refractivity contribution in [1.82, 2.24) is 0 Å². The van der Waals surface area contributed by atoms with Gasteiger partial charge in [-0.25, -0.2) is 0 Å². The van der Waals surface area contributed by atoms with Crippen molar-refractivity contribution in [3.05, 3.63) is 0 Å². The molecule has 0 bridgehead atoms. The van der Waals surface area contributed by atoms with Crippen LogP contribution in [0.15, 0.2) is 0 Å². The quantitative estimate of drug-likeness (QED) is 0.585. The molecule has 1 fully saturated rings. The van der Waals surface area contributed by atoms with Crippen molar-refractivity contribution in [3.63, 3.8) is 0 Å². The van der Waals surface area contributed by atoms with Gasteiger partial charge in [-0.2, -0.15) is 13.2 Å². The molecule has 1 aliphatic heterocycles. The van der Waals surface area contributed by atoms with Gasteiger partial charge in [0, 0.05) is 12.6 Å². The monoisotopic (exact) mass is 169 g/mol. The summed E-state index contributed by atoms with van der Waals surface area (Å²) < 4.78 is 40.8. The molecule has 0 radical (unpaired) electrons. The van der Waals surface area contributed by atoms with E-state index >= 15 is 0 Å². The first-order chi connectivity index (χ1) is 5.02. The Bertz CT molecular complexity index is 136. The van der Waals surface area contributed by atoms with Gasteiger partial charge in [0.15, 0.2) is 0 Å². The molecule has 0 aromatic rings. The number of halogens is 3. The molecule has 0 spiro atoms. The van der Waals surface area contributed by atoms with Crippen molar-refractivity contribution in [2.24, 2.45) is 11.7 Å². The highest BCUT2D eigenvalue weighted by atomic mass is 19.4. The molecule has 1 saturated heterocycles. The third-order valence-electron chi connectivity index (χ3n) is 1.83. The minimum Gasteiger partial charge on any atom is -0.381 e. The average molecular weight is 169 g/mol. The van der Waals surface area contributed by atoms with Crippen LogP contribution in [-0.2, 0) is 4.74 Å². The molecule has 2 unspecified atom stereocenters. The van der Waals surface area contributed by atoms with Crippen molar-refractivity contribution >= 4 is 0 Å². The number of hydrogen-bond donors (Lipinski definition) is 1. The van der Waals surface area contributed by atoms with Gasteiger partial charge in [-0.3, -0.25) is 0 Å². The van der Waals surface area contributed by atoms with E-state index < -0.39 is 18.1 Å². The van der Waals surface area contributed by atoms with Crippen LogP contribution in [0.3, 0.4) is 0 Å². The zero-order valence-electron chi connectivity index (χ0n) is 5.90. The van der Waals surface area contributed by atoms with Crippen molar-refractivity contribution in [1.29, 1.82) is 0 Å². The molecule has 1 heterocycles. The van der Waals surface area contributed by atoms with Gasteiger partial charge in [-0.15, -0.1) is 0 Å². The van der Waals surface area contributed by atoms with Gasteiger partial charge in [0.1, 0.15) is 0 Å². The first-order valence-electron chi connectivity index (χ1n) is 3.42. The Labute approximate surface area is 62.5 Å². The normalized spacial score (nSPS) is 33.8. The van der Waals surface area contributed by atoms with Gasteiger partial charge >= 0.3 is 6.18 Å². The van der Waals surface area contributed by atoms with E-state index in [0.717, 1.165) is 0 Å². The highest BCUT2D eigenvalue weighted by Gasteiger charge is 2.44. The molecule has 66 valence electrons. The second-order valence-corrected chi connectivity index (χ2v) is 2.68. The molecule has 1 aliphatic rings. The van der Waals surface area contributed by atoms with Gasteiger partial charge in [0.05, 0.1) is 12.5 Å². The SMILES string of the molecule is NC1CCOCC1C(F)(F)F. The molecule has 5 heteroatoms. The molecule has 2 N–H and O–H groups in total. The lowest BCUT2D eigenvalue weighted by molar-refractivity contribution is -0.204. The highest BCUT2D eigenvalue weighted by Crippen LogP contribution is 2.31. The summed E-state index contributed by atoms with van der Waals surface area (Å²) in [6, 6.07) is -0.788. The van der Waals surface area contributed by atoms with E-state index in [0.29, 0.717) is 13.0 Å². The van der Waals surface area contributed by atoms with Crippen LogP contribution in [0.1, 0.15) is 6.42 Å².